The molecule has 5 heteroatoms. The molecule has 0 bridgehead atoms. The molecule has 1 fully saturated rings. The summed E-state index contributed by atoms with van der Waals surface area (Å²) >= 11 is 0. The maximum absolute atomic E-state index is 13.6. The zero-order valence-corrected chi connectivity index (χ0v) is 12.3. The van der Waals surface area contributed by atoms with Crippen molar-refractivity contribution in [1.82, 2.24) is 9.88 Å². The molecule has 114 valence electrons. The van der Waals surface area contributed by atoms with Crippen molar-refractivity contribution in [3.05, 3.63) is 65.2 Å². The van der Waals surface area contributed by atoms with E-state index < -0.39 is 0 Å². The zero-order chi connectivity index (χ0) is 15.5. The standard InChI is InChI=1S/C17H17FN2O2/c1-12-2-3-14(10-15(12)18)17(21)20-8-9-22-16(11-20)13-4-6-19-7-5-13/h2-7,10,16H,8-9,11H2,1H3/t16-/m0/s1. The Morgan fingerprint density at radius 1 is 1.32 bits per heavy atom. The summed E-state index contributed by atoms with van der Waals surface area (Å²) in [4.78, 5) is 18.2. The zero-order valence-electron chi connectivity index (χ0n) is 12.3. The minimum atomic E-state index is -0.357. The molecule has 1 aromatic heterocycles. The maximum Gasteiger partial charge on any atom is 0.254 e. The summed E-state index contributed by atoms with van der Waals surface area (Å²) in [5, 5.41) is 0. The number of aryl methyl sites for hydroxylation is 1. The average Bonchev–Trinajstić information content (AvgIpc) is 2.57. The normalized spacial score (nSPS) is 18.3. The van der Waals surface area contributed by atoms with Gasteiger partial charge in [-0.2, -0.15) is 0 Å². The second-order valence-electron chi connectivity index (χ2n) is 5.36. The van der Waals surface area contributed by atoms with E-state index in [4.69, 9.17) is 4.74 Å². The first-order valence-electron chi connectivity index (χ1n) is 7.22. The van der Waals surface area contributed by atoms with E-state index in [9.17, 15) is 9.18 Å². The van der Waals surface area contributed by atoms with Crippen molar-refractivity contribution in [2.75, 3.05) is 19.7 Å². The van der Waals surface area contributed by atoms with Crippen molar-refractivity contribution < 1.29 is 13.9 Å². The molecular formula is C17H17FN2O2. The van der Waals surface area contributed by atoms with Crippen LogP contribution >= 0.6 is 0 Å². The Kier molecular flexibility index (Phi) is 4.15. The molecule has 3 rings (SSSR count). The van der Waals surface area contributed by atoms with Crippen molar-refractivity contribution >= 4 is 5.91 Å². The summed E-state index contributed by atoms with van der Waals surface area (Å²) in [6, 6.07) is 8.35. The number of hydrogen-bond donors (Lipinski definition) is 0. The second-order valence-corrected chi connectivity index (χ2v) is 5.36. The highest BCUT2D eigenvalue weighted by molar-refractivity contribution is 5.94. The Bertz CT molecular complexity index is 676. The first-order valence-corrected chi connectivity index (χ1v) is 7.22. The molecule has 0 aliphatic carbocycles. The van der Waals surface area contributed by atoms with E-state index in [-0.39, 0.29) is 17.8 Å². The van der Waals surface area contributed by atoms with E-state index in [2.05, 4.69) is 4.98 Å². The Hall–Kier alpha value is -2.27. The van der Waals surface area contributed by atoms with Gasteiger partial charge in [0.2, 0.25) is 0 Å². The van der Waals surface area contributed by atoms with Gasteiger partial charge in [0.15, 0.2) is 0 Å². The number of hydrogen-bond acceptors (Lipinski definition) is 3. The Balaban J connectivity index is 1.76. The van der Waals surface area contributed by atoms with E-state index in [1.807, 2.05) is 12.1 Å². The Morgan fingerprint density at radius 2 is 2.09 bits per heavy atom. The van der Waals surface area contributed by atoms with Gasteiger partial charge in [0.25, 0.3) is 5.91 Å². The summed E-state index contributed by atoms with van der Waals surface area (Å²) in [5.41, 5.74) is 1.90. The fraction of sp³-hybridized carbons (Fsp3) is 0.294. The van der Waals surface area contributed by atoms with Crippen LogP contribution in [0.4, 0.5) is 4.39 Å². The van der Waals surface area contributed by atoms with Crippen molar-refractivity contribution in [2.45, 2.75) is 13.0 Å². The van der Waals surface area contributed by atoms with Gasteiger partial charge in [0.1, 0.15) is 11.9 Å². The van der Waals surface area contributed by atoms with Crippen molar-refractivity contribution in [3.63, 3.8) is 0 Å². The molecule has 0 spiro atoms. The molecule has 2 aromatic rings. The molecule has 1 aliphatic heterocycles. The lowest BCUT2D eigenvalue weighted by Gasteiger charge is -2.33. The highest BCUT2D eigenvalue weighted by atomic mass is 19.1. The van der Waals surface area contributed by atoms with Crippen molar-refractivity contribution in [2.24, 2.45) is 0 Å². The smallest absolute Gasteiger partial charge is 0.254 e. The molecule has 0 radical (unpaired) electrons. The molecule has 1 saturated heterocycles. The maximum atomic E-state index is 13.6. The van der Waals surface area contributed by atoms with Crippen molar-refractivity contribution in [3.8, 4) is 0 Å². The number of carbonyl (C=O) groups excluding carboxylic acids is 1. The topological polar surface area (TPSA) is 42.4 Å². The minimum Gasteiger partial charge on any atom is -0.370 e. The second kappa shape index (κ2) is 6.23. The van der Waals surface area contributed by atoms with Crippen LogP contribution in [0, 0.1) is 12.7 Å². The van der Waals surface area contributed by atoms with Crippen LogP contribution in [0.15, 0.2) is 42.7 Å². The van der Waals surface area contributed by atoms with Crippen LogP contribution in [0.25, 0.3) is 0 Å². The predicted octanol–water partition coefficient (Wildman–Crippen LogP) is 2.74. The molecule has 22 heavy (non-hydrogen) atoms. The van der Waals surface area contributed by atoms with Crippen LogP contribution in [-0.2, 0) is 4.74 Å². The number of pyridine rings is 1. The minimum absolute atomic E-state index is 0.166. The van der Waals surface area contributed by atoms with Crippen LogP contribution < -0.4 is 0 Å². The third kappa shape index (κ3) is 2.99. The summed E-state index contributed by atoms with van der Waals surface area (Å²) in [6.45, 7) is 3.11. The highest BCUT2D eigenvalue weighted by Gasteiger charge is 2.26. The third-order valence-electron chi connectivity index (χ3n) is 3.85. The van der Waals surface area contributed by atoms with Crippen LogP contribution in [0.1, 0.15) is 27.6 Å². The van der Waals surface area contributed by atoms with Gasteiger partial charge in [-0.15, -0.1) is 0 Å². The number of benzene rings is 1. The molecule has 2 heterocycles. The summed E-state index contributed by atoms with van der Waals surface area (Å²) in [7, 11) is 0. The number of ether oxygens (including phenoxy) is 1. The predicted molar refractivity (Wildman–Crippen MR) is 80.0 cm³/mol. The third-order valence-corrected chi connectivity index (χ3v) is 3.85. The first kappa shape index (κ1) is 14.7. The van der Waals surface area contributed by atoms with Crippen LogP contribution in [0.3, 0.4) is 0 Å². The number of morpholine rings is 1. The van der Waals surface area contributed by atoms with E-state index in [1.54, 1.807) is 36.4 Å². The fourth-order valence-corrected chi connectivity index (χ4v) is 2.52. The highest BCUT2D eigenvalue weighted by Crippen LogP contribution is 2.23. The number of aromatic nitrogens is 1. The lowest BCUT2D eigenvalue weighted by atomic mass is 10.1. The van der Waals surface area contributed by atoms with Gasteiger partial charge < -0.3 is 9.64 Å². The lowest BCUT2D eigenvalue weighted by Crippen LogP contribution is -2.42. The molecule has 1 aromatic carbocycles. The van der Waals surface area contributed by atoms with Gasteiger partial charge in [-0.25, -0.2) is 4.39 Å². The molecule has 0 unspecified atom stereocenters. The lowest BCUT2D eigenvalue weighted by molar-refractivity contribution is -0.0228. The molecular weight excluding hydrogens is 283 g/mol. The van der Waals surface area contributed by atoms with Crippen LogP contribution in [0.5, 0.6) is 0 Å². The Morgan fingerprint density at radius 3 is 2.82 bits per heavy atom. The number of amides is 1. The molecule has 0 N–H and O–H groups in total. The number of rotatable bonds is 2. The largest absolute Gasteiger partial charge is 0.370 e. The van der Waals surface area contributed by atoms with Gasteiger partial charge >= 0.3 is 0 Å². The van der Waals surface area contributed by atoms with E-state index in [0.29, 0.717) is 30.8 Å². The van der Waals surface area contributed by atoms with E-state index >= 15 is 0 Å². The number of carbonyl (C=O) groups is 1. The number of nitrogens with zero attached hydrogens (tertiary/aromatic N) is 2. The molecule has 1 atom stereocenters. The molecule has 4 nitrogen and oxygen atoms in total. The van der Waals surface area contributed by atoms with Crippen molar-refractivity contribution in [1.29, 1.82) is 0 Å². The molecule has 1 aliphatic rings. The van der Waals surface area contributed by atoms with Gasteiger partial charge in [-0.3, -0.25) is 9.78 Å². The van der Waals surface area contributed by atoms with Gasteiger partial charge in [-0.05, 0) is 42.3 Å². The van der Waals surface area contributed by atoms with Gasteiger partial charge in [-0.1, -0.05) is 6.07 Å². The van der Waals surface area contributed by atoms with E-state index in [1.165, 1.54) is 6.07 Å². The van der Waals surface area contributed by atoms with Crippen LogP contribution in [-0.4, -0.2) is 35.5 Å². The quantitative estimate of drug-likeness (QED) is 0.856. The number of halogens is 1. The van der Waals surface area contributed by atoms with Gasteiger partial charge in [0, 0.05) is 24.5 Å². The average molecular weight is 300 g/mol. The first-order chi connectivity index (χ1) is 10.6. The summed E-state index contributed by atoms with van der Waals surface area (Å²) in [5.74, 6) is -0.522. The van der Waals surface area contributed by atoms with Crippen LogP contribution in [0.2, 0.25) is 0 Å². The Labute approximate surface area is 128 Å². The molecule has 0 saturated carbocycles. The van der Waals surface area contributed by atoms with E-state index in [0.717, 1.165) is 5.56 Å². The SMILES string of the molecule is Cc1ccc(C(=O)N2CCO[C@H](c3ccncc3)C2)cc1F. The summed E-state index contributed by atoms with van der Waals surface area (Å²) in [6.07, 6.45) is 3.24. The summed E-state index contributed by atoms with van der Waals surface area (Å²) < 4.78 is 19.4. The fourth-order valence-electron chi connectivity index (χ4n) is 2.52. The van der Waals surface area contributed by atoms with Gasteiger partial charge in [0.05, 0.1) is 13.2 Å². The monoisotopic (exact) mass is 300 g/mol. The molecule has 1 amide bonds.